The van der Waals surface area contributed by atoms with Crippen LogP contribution in [0.2, 0.25) is 0 Å². The van der Waals surface area contributed by atoms with Gasteiger partial charge in [0, 0.05) is 17.8 Å². The van der Waals surface area contributed by atoms with Gasteiger partial charge in [-0.3, -0.25) is 9.59 Å². The average Bonchev–Trinajstić information content (AvgIpc) is 2.49. The monoisotopic (exact) mass is 304 g/mol. The quantitative estimate of drug-likeness (QED) is 0.782. The molecule has 1 aliphatic rings. The summed E-state index contributed by atoms with van der Waals surface area (Å²) in [5, 5.41) is 15.9. The molecule has 2 amide bonds. The molecule has 0 spiro atoms. The van der Waals surface area contributed by atoms with Crippen LogP contribution in [0.15, 0.2) is 24.3 Å². The second-order valence-electron chi connectivity index (χ2n) is 5.99. The third-order valence-electron chi connectivity index (χ3n) is 4.05. The minimum absolute atomic E-state index is 0.0451. The lowest BCUT2D eigenvalue weighted by Gasteiger charge is -2.31. The molecule has 22 heavy (non-hydrogen) atoms. The standard InChI is InChI=1S/C17H24N2O3/c1-2-15(20)18-13-6-8-14(9-7-13)19-16(21)12-17(22)10-4-3-5-11-17/h6-9,22H,2-5,10-12H2,1H3,(H,18,20)(H,19,21). The minimum atomic E-state index is -0.850. The first-order chi connectivity index (χ1) is 10.5. The van der Waals surface area contributed by atoms with Crippen LogP contribution in [0, 0.1) is 0 Å². The summed E-state index contributed by atoms with van der Waals surface area (Å²) < 4.78 is 0. The van der Waals surface area contributed by atoms with E-state index in [9.17, 15) is 14.7 Å². The third kappa shape index (κ3) is 4.84. The van der Waals surface area contributed by atoms with Crippen molar-refractivity contribution in [3.05, 3.63) is 24.3 Å². The highest BCUT2D eigenvalue weighted by molar-refractivity contribution is 5.93. The summed E-state index contributed by atoms with van der Waals surface area (Å²) in [6.45, 7) is 1.79. The topological polar surface area (TPSA) is 78.4 Å². The Morgan fingerprint density at radius 1 is 1.00 bits per heavy atom. The number of hydrogen-bond donors (Lipinski definition) is 3. The van der Waals surface area contributed by atoms with Crippen LogP contribution in [-0.2, 0) is 9.59 Å². The van der Waals surface area contributed by atoms with Crippen molar-refractivity contribution in [2.75, 3.05) is 10.6 Å². The molecule has 120 valence electrons. The van der Waals surface area contributed by atoms with Gasteiger partial charge in [-0.1, -0.05) is 26.2 Å². The van der Waals surface area contributed by atoms with Crippen molar-refractivity contribution in [3.8, 4) is 0 Å². The van der Waals surface area contributed by atoms with E-state index < -0.39 is 5.60 Å². The predicted octanol–water partition coefficient (Wildman–Crippen LogP) is 3.06. The molecule has 0 atom stereocenters. The van der Waals surface area contributed by atoms with Gasteiger partial charge in [0.15, 0.2) is 0 Å². The van der Waals surface area contributed by atoms with Crippen LogP contribution in [0.4, 0.5) is 11.4 Å². The van der Waals surface area contributed by atoms with E-state index in [1.807, 2.05) is 0 Å². The summed E-state index contributed by atoms with van der Waals surface area (Å²) in [4.78, 5) is 23.3. The molecule has 1 aromatic rings. The zero-order chi connectivity index (χ0) is 16.0. The zero-order valence-corrected chi connectivity index (χ0v) is 13.0. The Labute approximate surface area is 131 Å². The van der Waals surface area contributed by atoms with E-state index in [-0.39, 0.29) is 18.2 Å². The molecule has 0 aliphatic heterocycles. The molecule has 5 heteroatoms. The van der Waals surface area contributed by atoms with Crippen LogP contribution < -0.4 is 10.6 Å². The number of rotatable bonds is 5. The summed E-state index contributed by atoms with van der Waals surface area (Å²) in [6.07, 6.45) is 5.06. The first-order valence-electron chi connectivity index (χ1n) is 7.93. The first-order valence-corrected chi connectivity index (χ1v) is 7.93. The predicted molar refractivity (Wildman–Crippen MR) is 86.6 cm³/mol. The Bertz CT molecular complexity index is 519. The molecule has 0 aromatic heterocycles. The Balaban J connectivity index is 1.87. The fourth-order valence-electron chi connectivity index (χ4n) is 2.78. The number of benzene rings is 1. The number of anilines is 2. The SMILES string of the molecule is CCC(=O)Nc1ccc(NC(=O)CC2(O)CCCCC2)cc1. The maximum atomic E-state index is 12.1. The van der Waals surface area contributed by atoms with Gasteiger partial charge < -0.3 is 15.7 Å². The highest BCUT2D eigenvalue weighted by atomic mass is 16.3. The van der Waals surface area contributed by atoms with Crippen molar-refractivity contribution in [1.29, 1.82) is 0 Å². The van der Waals surface area contributed by atoms with Gasteiger partial charge in [-0.15, -0.1) is 0 Å². The van der Waals surface area contributed by atoms with Crippen LogP contribution in [-0.4, -0.2) is 22.5 Å². The van der Waals surface area contributed by atoms with Gasteiger partial charge in [0.25, 0.3) is 0 Å². The van der Waals surface area contributed by atoms with E-state index in [0.29, 0.717) is 30.6 Å². The average molecular weight is 304 g/mol. The van der Waals surface area contributed by atoms with Crippen molar-refractivity contribution in [1.82, 2.24) is 0 Å². The minimum Gasteiger partial charge on any atom is -0.389 e. The highest BCUT2D eigenvalue weighted by Crippen LogP contribution is 2.31. The molecule has 1 fully saturated rings. The van der Waals surface area contributed by atoms with Crippen LogP contribution >= 0.6 is 0 Å². The van der Waals surface area contributed by atoms with Crippen LogP contribution in [0.3, 0.4) is 0 Å². The van der Waals surface area contributed by atoms with Crippen molar-refractivity contribution in [3.63, 3.8) is 0 Å². The van der Waals surface area contributed by atoms with Gasteiger partial charge in [0.2, 0.25) is 11.8 Å². The van der Waals surface area contributed by atoms with Crippen molar-refractivity contribution < 1.29 is 14.7 Å². The van der Waals surface area contributed by atoms with E-state index in [2.05, 4.69) is 10.6 Å². The molecular formula is C17H24N2O3. The lowest BCUT2D eigenvalue weighted by atomic mass is 9.82. The second kappa shape index (κ2) is 7.40. The normalized spacial score (nSPS) is 16.8. The molecule has 1 aliphatic carbocycles. The molecular weight excluding hydrogens is 280 g/mol. The van der Waals surface area contributed by atoms with Crippen LogP contribution in [0.1, 0.15) is 51.9 Å². The van der Waals surface area contributed by atoms with E-state index in [4.69, 9.17) is 0 Å². The Kier molecular flexibility index (Phi) is 5.55. The third-order valence-corrected chi connectivity index (χ3v) is 4.05. The van der Waals surface area contributed by atoms with E-state index >= 15 is 0 Å². The number of aliphatic hydroxyl groups is 1. The van der Waals surface area contributed by atoms with Crippen LogP contribution in [0.5, 0.6) is 0 Å². The number of nitrogens with one attached hydrogen (secondary N) is 2. The molecule has 0 radical (unpaired) electrons. The zero-order valence-electron chi connectivity index (χ0n) is 13.0. The number of carbonyl (C=O) groups is 2. The second-order valence-corrected chi connectivity index (χ2v) is 5.99. The van der Waals surface area contributed by atoms with Crippen molar-refractivity contribution in [2.45, 2.75) is 57.5 Å². The number of carbonyl (C=O) groups excluding carboxylic acids is 2. The van der Waals surface area contributed by atoms with Gasteiger partial charge in [0.1, 0.15) is 0 Å². The molecule has 3 N–H and O–H groups in total. The Morgan fingerprint density at radius 2 is 1.50 bits per heavy atom. The van der Waals surface area contributed by atoms with Gasteiger partial charge in [0.05, 0.1) is 12.0 Å². The van der Waals surface area contributed by atoms with Crippen molar-refractivity contribution >= 4 is 23.2 Å². The highest BCUT2D eigenvalue weighted by Gasteiger charge is 2.31. The smallest absolute Gasteiger partial charge is 0.227 e. The van der Waals surface area contributed by atoms with Crippen molar-refractivity contribution in [2.24, 2.45) is 0 Å². The van der Waals surface area contributed by atoms with E-state index in [0.717, 1.165) is 19.3 Å². The summed E-state index contributed by atoms with van der Waals surface area (Å²) in [5.74, 6) is -0.217. The molecule has 0 bridgehead atoms. The molecule has 5 nitrogen and oxygen atoms in total. The molecule has 1 aromatic carbocycles. The largest absolute Gasteiger partial charge is 0.389 e. The van der Waals surface area contributed by atoms with E-state index in [1.165, 1.54) is 0 Å². The summed E-state index contributed by atoms with van der Waals surface area (Å²) in [6, 6.07) is 6.99. The van der Waals surface area contributed by atoms with E-state index in [1.54, 1.807) is 31.2 Å². The molecule has 0 saturated heterocycles. The fraction of sp³-hybridized carbons (Fsp3) is 0.529. The van der Waals surface area contributed by atoms with Gasteiger partial charge in [-0.05, 0) is 37.1 Å². The Hall–Kier alpha value is -1.88. The molecule has 0 heterocycles. The molecule has 0 unspecified atom stereocenters. The maximum Gasteiger partial charge on any atom is 0.227 e. The van der Waals surface area contributed by atoms with Gasteiger partial charge in [-0.25, -0.2) is 0 Å². The van der Waals surface area contributed by atoms with Gasteiger partial charge in [-0.2, -0.15) is 0 Å². The number of hydrogen-bond acceptors (Lipinski definition) is 3. The molecule has 2 rings (SSSR count). The summed E-state index contributed by atoms with van der Waals surface area (Å²) in [7, 11) is 0. The summed E-state index contributed by atoms with van der Waals surface area (Å²) >= 11 is 0. The lowest BCUT2D eigenvalue weighted by Crippen LogP contribution is -2.35. The molecule has 1 saturated carbocycles. The van der Waals surface area contributed by atoms with Crippen LogP contribution in [0.25, 0.3) is 0 Å². The fourth-order valence-corrected chi connectivity index (χ4v) is 2.78. The summed E-state index contributed by atoms with van der Waals surface area (Å²) in [5.41, 5.74) is 0.520. The Morgan fingerprint density at radius 3 is 2.00 bits per heavy atom. The number of amides is 2. The van der Waals surface area contributed by atoms with Gasteiger partial charge >= 0.3 is 0 Å². The maximum absolute atomic E-state index is 12.1. The lowest BCUT2D eigenvalue weighted by molar-refractivity contribution is -0.122. The first kappa shape index (κ1) is 16.5.